The Labute approximate surface area is 182 Å². The van der Waals surface area contributed by atoms with Gasteiger partial charge in [0.1, 0.15) is 12.6 Å². The van der Waals surface area contributed by atoms with Crippen molar-refractivity contribution in [2.24, 2.45) is 5.73 Å². The van der Waals surface area contributed by atoms with Gasteiger partial charge >= 0.3 is 0 Å². The van der Waals surface area contributed by atoms with Gasteiger partial charge < -0.3 is 21.1 Å². The number of carbonyl (C=O) groups excluding carboxylic acids is 3. The molecule has 1 aliphatic heterocycles. The van der Waals surface area contributed by atoms with E-state index in [2.05, 4.69) is 10.4 Å². The fourth-order valence-electron chi connectivity index (χ4n) is 4.00. The van der Waals surface area contributed by atoms with Crippen LogP contribution in [0.25, 0.3) is 10.9 Å². The normalized spacial score (nSPS) is 15.8. The highest BCUT2D eigenvalue weighted by molar-refractivity contribution is 6.04. The van der Waals surface area contributed by atoms with E-state index in [1.54, 1.807) is 24.3 Å². The maximum Gasteiger partial charge on any atom is 0.269 e. The molecule has 10 heteroatoms. The highest BCUT2D eigenvalue weighted by atomic mass is 19.1. The predicted octanol–water partition coefficient (Wildman–Crippen LogP) is 1.40. The molecule has 166 valence electrons. The zero-order valence-corrected chi connectivity index (χ0v) is 17.1. The molecule has 2 heterocycles. The Balaban J connectivity index is 1.53. The zero-order valence-electron chi connectivity index (χ0n) is 17.1. The van der Waals surface area contributed by atoms with Crippen LogP contribution in [0, 0.1) is 5.82 Å². The van der Waals surface area contributed by atoms with Gasteiger partial charge in [-0.15, -0.1) is 0 Å². The number of rotatable bonds is 6. The number of fused-ring (bicyclic) bond motifs is 1. The Kier molecular flexibility index (Phi) is 5.87. The SMILES string of the molecule is NC(=O)c1nn(CC(=O)N2CCC[C@H]2C(=O)Nc2cccc(CO)c2F)c2ccccc12. The quantitative estimate of drug-likeness (QED) is 0.534. The summed E-state index contributed by atoms with van der Waals surface area (Å²) in [5, 5.41) is 16.5. The molecule has 3 amide bonds. The highest BCUT2D eigenvalue weighted by Gasteiger charge is 2.35. The number of aliphatic hydroxyl groups is 1. The maximum atomic E-state index is 14.4. The first kappa shape index (κ1) is 21.4. The van der Waals surface area contributed by atoms with Gasteiger partial charge in [0.2, 0.25) is 11.8 Å². The Hall–Kier alpha value is -3.79. The van der Waals surface area contributed by atoms with Crippen LogP contribution in [-0.2, 0) is 22.7 Å². The first-order valence-corrected chi connectivity index (χ1v) is 10.1. The van der Waals surface area contributed by atoms with Gasteiger partial charge in [-0.25, -0.2) is 4.39 Å². The average molecular weight is 439 g/mol. The van der Waals surface area contributed by atoms with E-state index < -0.39 is 30.3 Å². The van der Waals surface area contributed by atoms with Crippen LogP contribution in [0.15, 0.2) is 42.5 Å². The summed E-state index contributed by atoms with van der Waals surface area (Å²) in [5.41, 5.74) is 6.08. The van der Waals surface area contributed by atoms with Crippen molar-refractivity contribution >= 4 is 34.3 Å². The number of benzene rings is 2. The summed E-state index contributed by atoms with van der Waals surface area (Å²) in [6, 6.07) is 10.5. The minimum absolute atomic E-state index is 0.0509. The molecule has 1 saturated heterocycles. The van der Waals surface area contributed by atoms with E-state index in [1.165, 1.54) is 27.8 Å². The molecular formula is C22H22FN5O4. The average Bonchev–Trinajstić information content (AvgIpc) is 3.41. The molecule has 0 saturated carbocycles. The largest absolute Gasteiger partial charge is 0.392 e. The third-order valence-corrected chi connectivity index (χ3v) is 5.56. The molecule has 1 aromatic heterocycles. The minimum atomic E-state index is -0.767. The van der Waals surface area contributed by atoms with E-state index in [0.717, 1.165) is 0 Å². The van der Waals surface area contributed by atoms with Gasteiger partial charge in [0.25, 0.3) is 5.91 Å². The molecule has 1 fully saturated rings. The lowest BCUT2D eigenvalue weighted by atomic mass is 10.1. The monoisotopic (exact) mass is 439 g/mol. The number of para-hydroxylation sites is 1. The van der Waals surface area contributed by atoms with Gasteiger partial charge in [-0.05, 0) is 25.0 Å². The molecular weight excluding hydrogens is 417 g/mol. The number of hydrogen-bond donors (Lipinski definition) is 3. The molecule has 0 bridgehead atoms. The van der Waals surface area contributed by atoms with Crippen LogP contribution in [-0.4, -0.2) is 50.1 Å². The third kappa shape index (κ3) is 3.92. The van der Waals surface area contributed by atoms with Crippen LogP contribution >= 0.6 is 0 Å². The number of primary amides is 1. The summed E-state index contributed by atoms with van der Waals surface area (Å²) in [6.07, 6.45) is 1.06. The van der Waals surface area contributed by atoms with Crippen LogP contribution in [0.2, 0.25) is 0 Å². The lowest BCUT2D eigenvalue weighted by Crippen LogP contribution is -2.44. The number of hydrogen-bond acceptors (Lipinski definition) is 5. The number of amides is 3. The number of carbonyl (C=O) groups is 3. The van der Waals surface area contributed by atoms with Crippen molar-refractivity contribution in [2.75, 3.05) is 11.9 Å². The molecule has 1 atom stereocenters. The van der Waals surface area contributed by atoms with Gasteiger partial charge in [0.05, 0.1) is 17.8 Å². The number of aliphatic hydroxyl groups excluding tert-OH is 1. The number of likely N-dealkylation sites (tertiary alicyclic amines) is 1. The highest BCUT2D eigenvalue weighted by Crippen LogP contribution is 2.24. The van der Waals surface area contributed by atoms with E-state index in [4.69, 9.17) is 5.73 Å². The first-order valence-electron chi connectivity index (χ1n) is 10.1. The molecule has 4 rings (SSSR count). The van der Waals surface area contributed by atoms with Gasteiger partial charge in [0, 0.05) is 17.5 Å². The topological polar surface area (TPSA) is 131 Å². The smallest absolute Gasteiger partial charge is 0.269 e. The molecule has 0 radical (unpaired) electrons. The number of nitrogens with one attached hydrogen (secondary N) is 1. The van der Waals surface area contributed by atoms with Gasteiger partial charge in [0.15, 0.2) is 11.5 Å². The van der Waals surface area contributed by atoms with E-state index in [9.17, 15) is 23.9 Å². The van der Waals surface area contributed by atoms with E-state index in [1.807, 2.05) is 0 Å². The molecule has 32 heavy (non-hydrogen) atoms. The second kappa shape index (κ2) is 8.75. The van der Waals surface area contributed by atoms with Crippen molar-refractivity contribution in [1.82, 2.24) is 14.7 Å². The van der Waals surface area contributed by atoms with E-state index in [0.29, 0.717) is 30.3 Å². The van der Waals surface area contributed by atoms with Crippen LogP contribution in [0.3, 0.4) is 0 Å². The Morgan fingerprint density at radius 3 is 2.72 bits per heavy atom. The van der Waals surface area contributed by atoms with Crippen molar-refractivity contribution in [3.63, 3.8) is 0 Å². The molecule has 0 spiro atoms. The predicted molar refractivity (Wildman–Crippen MR) is 114 cm³/mol. The Morgan fingerprint density at radius 1 is 1.19 bits per heavy atom. The number of halogens is 1. The molecule has 2 aromatic carbocycles. The summed E-state index contributed by atoms with van der Waals surface area (Å²) < 4.78 is 15.8. The van der Waals surface area contributed by atoms with Gasteiger partial charge in [-0.2, -0.15) is 5.10 Å². The molecule has 1 aliphatic rings. The van der Waals surface area contributed by atoms with E-state index in [-0.39, 0.29) is 29.4 Å². The molecule has 4 N–H and O–H groups in total. The zero-order chi connectivity index (χ0) is 22.8. The lowest BCUT2D eigenvalue weighted by Gasteiger charge is -2.24. The molecule has 9 nitrogen and oxygen atoms in total. The van der Waals surface area contributed by atoms with E-state index >= 15 is 0 Å². The first-order chi connectivity index (χ1) is 15.4. The summed E-state index contributed by atoms with van der Waals surface area (Å²) in [4.78, 5) is 39.0. The fraction of sp³-hybridized carbons (Fsp3) is 0.273. The summed E-state index contributed by atoms with van der Waals surface area (Å²) >= 11 is 0. The van der Waals surface area contributed by atoms with Crippen LogP contribution in [0.5, 0.6) is 0 Å². The van der Waals surface area contributed by atoms with Crippen molar-refractivity contribution < 1.29 is 23.9 Å². The number of anilines is 1. The molecule has 3 aromatic rings. The minimum Gasteiger partial charge on any atom is -0.392 e. The third-order valence-electron chi connectivity index (χ3n) is 5.56. The number of nitrogens with zero attached hydrogens (tertiary/aromatic N) is 3. The van der Waals surface area contributed by atoms with Crippen molar-refractivity contribution in [3.8, 4) is 0 Å². The van der Waals surface area contributed by atoms with Crippen molar-refractivity contribution in [2.45, 2.75) is 32.0 Å². The number of nitrogens with two attached hydrogens (primary N) is 1. The Morgan fingerprint density at radius 2 is 1.97 bits per heavy atom. The summed E-state index contributed by atoms with van der Waals surface area (Å²) in [6.45, 7) is -0.293. The Bertz CT molecular complexity index is 1210. The van der Waals surface area contributed by atoms with Crippen LogP contribution < -0.4 is 11.1 Å². The number of aromatic nitrogens is 2. The van der Waals surface area contributed by atoms with Crippen molar-refractivity contribution in [1.29, 1.82) is 0 Å². The van der Waals surface area contributed by atoms with Crippen molar-refractivity contribution in [3.05, 3.63) is 59.5 Å². The summed E-state index contributed by atoms with van der Waals surface area (Å²) in [7, 11) is 0. The fourth-order valence-corrected chi connectivity index (χ4v) is 4.00. The van der Waals surface area contributed by atoms with Gasteiger partial charge in [-0.1, -0.05) is 30.3 Å². The van der Waals surface area contributed by atoms with Crippen LogP contribution in [0.4, 0.5) is 10.1 Å². The maximum absolute atomic E-state index is 14.4. The standard InChI is InChI=1S/C22H22FN5O4/c23-19-13(12-29)5-3-7-15(19)25-22(32)17-9-4-10-27(17)18(30)11-28-16-8-2-1-6-14(16)20(26-28)21(24)31/h1-3,5-8,17,29H,4,9-12H2,(H2,24,31)(H,25,32)/t17-/m0/s1. The second-order valence-electron chi connectivity index (χ2n) is 7.56. The van der Waals surface area contributed by atoms with Gasteiger partial charge in [-0.3, -0.25) is 19.1 Å². The molecule has 0 unspecified atom stereocenters. The molecule has 0 aliphatic carbocycles. The van der Waals surface area contributed by atoms with Crippen LogP contribution in [0.1, 0.15) is 28.9 Å². The second-order valence-corrected chi connectivity index (χ2v) is 7.56. The summed E-state index contributed by atoms with van der Waals surface area (Å²) in [5.74, 6) is -2.26. The lowest BCUT2D eigenvalue weighted by molar-refractivity contribution is -0.137.